The van der Waals surface area contributed by atoms with E-state index in [-0.39, 0.29) is 23.7 Å². The Labute approximate surface area is 168 Å². The number of carbonyl (C=O) groups excluding carboxylic acids is 1. The van der Waals surface area contributed by atoms with Gasteiger partial charge in [0, 0.05) is 31.8 Å². The fourth-order valence-electron chi connectivity index (χ4n) is 3.17. The molecule has 0 atom stereocenters. The number of morpholine rings is 1. The summed E-state index contributed by atoms with van der Waals surface area (Å²) in [6.07, 6.45) is 0. The van der Waals surface area contributed by atoms with Crippen LogP contribution in [0.3, 0.4) is 0 Å². The van der Waals surface area contributed by atoms with Gasteiger partial charge in [-0.2, -0.15) is 0 Å². The van der Waals surface area contributed by atoms with Crippen LogP contribution in [0, 0.1) is 10.1 Å². The Morgan fingerprint density at radius 1 is 1.14 bits per heavy atom. The number of ether oxygens (including phenoxy) is 3. The number of anilines is 1. The Balaban J connectivity index is 1.81. The summed E-state index contributed by atoms with van der Waals surface area (Å²) >= 11 is 0. The number of carbonyl (C=O) groups is 1. The zero-order valence-corrected chi connectivity index (χ0v) is 16.3. The van der Waals surface area contributed by atoms with Gasteiger partial charge in [-0.3, -0.25) is 14.9 Å². The molecule has 1 heterocycles. The van der Waals surface area contributed by atoms with Crippen molar-refractivity contribution in [3.63, 3.8) is 0 Å². The zero-order valence-electron chi connectivity index (χ0n) is 16.3. The van der Waals surface area contributed by atoms with Gasteiger partial charge >= 0.3 is 0 Å². The van der Waals surface area contributed by atoms with E-state index in [0.717, 1.165) is 5.56 Å². The van der Waals surface area contributed by atoms with E-state index in [4.69, 9.17) is 14.2 Å². The lowest BCUT2D eigenvalue weighted by molar-refractivity contribution is -0.384. The van der Waals surface area contributed by atoms with Crippen LogP contribution in [0.5, 0.6) is 11.5 Å². The molecule has 29 heavy (non-hydrogen) atoms. The van der Waals surface area contributed by atoms with E-state index in [1.165, 1.54) is 19.2 Å². The van der Waals surface area contributed by atoms with E-state index in [1.807, 2.05) is 11.0 Å². The van der Waals surface area contributed by atoms with Gasteiger partial charge in [0.1, 0.15) is 0 Å². The molecular weight excluding hydrogens is 378 g/mol. The lowest BCUT2D eigenvalue weighted by Gasteiger charge is -2.30. The largest absolute Gasteiger partial charge is 0.493 e. The van der Waals surface area contributed by atoms with Crippen molar-refractivity contribution < 1.29 is 23.9 Å². The zero-order chi connectivity index (χ0) is 20.8. The molecule has 9 nitrogen and oxygen atoms in total. The lowest BCUT2D eigenvalue weighted by Crippen LogP contribution is -2.38. The van der Waals surface area contributed by atoms with Gasteiger partial charge in [-0.1, -0.05) is 6.07 Å². The SMILES string of the molecule is COc1ccc(CNC(=O)c2cc([N+](=O)[O-])ccc2N2CCOCC2)cc1OC. The smallest absolute Gasteiger partial charge is 0.270 e. The van der Waals surface area contributed by atoms with Crippen molar-refractivity contribution in [2.24, 2.45) is 0 Å². The summed E-state index contributed by atoms with van der Waals surface area (Å²) in [5.41, 5.74) is 1.61. The van der Waals surface area contributed by atoms with E-state index < -0.39 is 4.92 Å². The summed E-state index contributed by atoms with van der Waals surface area (Å²) in [6, 6.07) is 9.69. The van der Waals surface area contributed by atoms with Crippen LogP contribution in [-0.4, -0.2) is 51.4 Å². The number of hydrogen-bond acceptors (Lipinski definition) is 7. The van der Waals surface area contributed by atoms with Gasteiger partial charge in [0.05, 0.1) is 43.6 Å². The van der Waals surface area contributed by atoms with E-state index in [2.05, 4.69) is 5.32 Å². The molecule has 9 heteroatoms. The molecule has 1 amide bonds. The number of rotatable bonds is 7. The summed E-state index contributed by atoms with van der Waals surface area (Å²) in [7, 11) is 3.09. The quantitative estimate of drug-likeness (QED) is 0.561. The number of amides is 1. The Bertz CT molecular complexity index is 896. The predicted octanol–water partition coefficient (Wildman–Crippen LogP) is 2.38. The van der Waals surface area contributed by atoms with Gasteiger partial charge in [-0.25, -0.2) is 0 Å². The van der Waals surface area contributed by atoms with Crippen LogP contribution in [-0.2, 0) is 11.3 Å². The van der Waals surface area contributed by atoms with E-state index in [0.29, 0.717) is 43.5 Å². The van der Waals surface area contributed by atoms with Crippen molar-refractivity contribution in [2.75, 3.05) is 45.4 Å². The van der Waals surface area contributed by atoms with Gasteiger partial charge < -0.3 is 24.4 Å². The third-order valence-corrected chi connectivity index (χ3v) is 4.69. The van der Waals surface area contributed by atoms with Crippen LogP contribution in [0.25, 0.3) is 0 Å². The summed E-state index contributed by atoms with van der Waals surface area (Å²) in [5, 5.41) is 14.0. The molecule has 3 rings (SSSR count). The monoisotopic (exact) mass is 401 g/mol. The molecule has 1 saturated heterocycles. The van der Waals surface area contributed by atoms with Gasteiger partial charge in [0.2, 0.25) is 0 Å². The minimum atomic E-state index is -0.506. The van der Waals surface area contributed by atoms with Crippen molar-refractivity contribution in [2.45, 2.75) is 6.54 Å². The fourth-order valence-corrected chi connectivity index (χ4v) is 3.17. The molecule has 1 aliphatic rings. The maximum Gasteiger partial charge on any atom is 0.270 e. The van der Waals surface area contributed by atoms with Crippen LogP contribution < -0.4 is 19.7 Å². The number of non-ortho nitro benzene ring substituents is 1. The number of benzene rings is 2. The topological polar surface area (TPSA) is 103 Å². The molecule has 1 fully saturated rings. The highest BCUT2D eigenvalue weighted by molar-refractivity contribution is 6.00. The molecule has 0 aromatic heterocycles. The number of nitrogens with zero attached hydrogens (tertiary/aromatic N) is 2. The predicted molar refractivity (Wildman–Crippen MR) is 107 cm³/mol. The molecule has 154 valence electrons. The average molecular weight is 401 g/mol. The fraction of sp³-hybridized carbons (Fsp3) is 0.350. The maximum absolute atomic E-state index is 12.9. The Kier molecular flexibility index (Phi) is 6.50. The molecule has 0 aliphatic carbocycles. The van der Waals surface area contributed by atoms with Crippen LogP contribution >= 0.6 is 0 Å². The van der Waals surface area contributed by atoms with Crippen LogP contribution in [0.2, 0.25) is 0 Å². The first-order valence-electron chi connectivity index (χ1n) is 9.13. The second kappa shape index (κ2) is 9.24. The van der Waals surface area contributed by atoms with Gasteiger partial charge in [0.15, 0.2) is 11.5 Å². The standard InChI is InChI=1S/C20H23N3O6/c1-27-18-6-3-14(11-19(18)28-2)13-21-20(24)16-12-15(23(25)26)4-5-17(16)22-7-9-29-10-8-22/h3-6,11-12H,7-10,13H2,1-2H3,(H,21,24). The molecule has 2 aromatic rings. The summed E-state index contributed by atoms with van der Waals surface area (Å²) in [4.78, 5) is 25.6. The summed E-state index contributed by atoms with van der Waals surface area (Å²) < 4.78 is 15.8. The van der Waals surface area contributed by atoms with E-state index in [1.54, 1.807) is 25.3 Å². The molecule has 0 radical (unpaired) electrons. The second-order valence-electron chi connectivity index (χ2n) is 6.43. The number of nitrogens with one attached hydrogen (secondary N) is 1. The molecular formula is C20H23N3O6. The number of hydrogen-bond donors (Lipinski definition) is 1. The highest BCUT2D eigenvalue weighted by Crippen LogP contribution is 2.28. The van der Waals surface area contributed by atoms with Crippen LogP contribution in [0.4, 0.5) is 11.4 Å². The first kappa shape index (κ1) is 20.4. The summed E-state index contributed by atoms with van der Waals surface area (Å²) in [5.74, 6) is 0.768. The van der Waals surface area contributed by atoms with Crippen LogP contribution in [0.15, 0.2) is 36.4 Å². The second-order valence-corrected chi connectivity index (χ2v) is 6.43. The summed E-state index contributed by atoms with van der Waals surface area (Å²) in [6.45, 7) is 2.57. The van der Waals surface area contributed by atoms with Crippen LogP contribution in [0.1, 0.15) is 15.9 Å². The molecule has 1 aliphatic heterocycles. The Morgan fingerprint density at radius 3 is 2.52 bits per heavy atom. The average Bonchev–Trinajstić information content (AvgIpc) is 2.77. The first-order chi connectivity index (χ1) is 14.0. The highest BCUT2D eigenvalue weighted by atomic mass is 16.6. The van der Waals surface area contributed by atoms with E-state index in [9.17, 15) is 14.9 Å². The first-order valence-corrected chi connectivity index (χ1v) is 9.13. The minimum Gasteiger partial charge on any atom is -0.493 e. The maximum atomic E-state index is 12.9. The minimum absolute atomic E-state index is 0.127. The normalized spacial score (nSPS) is 13.7. The third-order valence-electron chi connectivity index (χ3n) is 4.69. The molecule has 0 saturated carbocycles. The number of nitro benzene ring substituents is 1. The van der Waals surface area contributed by atoms with Crippen molar-refractivity contribution in [3.05, 3.63) is 57.6 Å². The number of methoxy groups -OCH3 is 2. The van der Waals surface area contributed by atoms with Crippen molar-refractivity contribution in [1.82, 2.24) is 5.32 Å². The van der Waals surface area contributed by atoms with Crippen molar-refractivity contribution >= 4 is 17.3 Å². The molecule has 1 N–H and O–H groups in total. The van der Waals surface area contributed by atoms with Gasteiger partial charge in [0.25, 0.3) is 11.6 Å². The molecule has 0 unspecified atom stereocenters. The van der Waals surface area contributed by atoms with Crippen molar-refractivity contribution in [1.29, 1.82) is 0 Å². The van der Waals surface area contributed by atoms with Gasteiger partial charge in [-0.15, -0.1) is 0 Å². The molecule has 0 bridgehead atoms. The third kappa shape index (κ3) is 4.75. The van der Waals surface area contributed by atoms with Gasteiger partial charge in [-0.05, 0) is 23.8 Å². The molecule has 0 spiro atoms. The van der Waals surface area contributed by atoms with E-state index >= 15 is 0 Å². The molecule has 2 aromatic carbocycles. The Morgan fingerprint density at radius 2 is 1.86 bits per heavy atom. The number of nitro groups is 1. The van der Waals surface area contributed by atoms with Crippen molar-refractivity contribution in [3.8, 4) is 11.5 Å². The Hall–Kier alpha value is -3.33. The lowest BCUT2D eigenvalue weighted by atomic mass is 10.1. The highest BCUT2D eigenvalue weighted by Gasteiger charge is 2.22.